The Kier molecular flexibility index (Phi) is 10.1. The van der Waals surface area contributed by atoms with E-state index in [4.69, 9.17) is 9.47 Å². The first-order valence-electron chi connectivity index (χ1n) is 13.4. The highest BCUT2D eigenvalue weighted by molar-refractivity contribution is 5.86. The van der Waals surface area contributed by atoms with Crippen LogP contribution in [0.25, 0.3) is 0 Å². The third kappa shape index (κ3) is 9.00. The molecule has 1 aliphatic rings. The quantitative estimate of drug-likeness (QED) is 0.466. The summed E-state index contributed by atoms with van der Waals surface area (Å²) >= 11 is 0. The van der Waals surface area contributed by atoms with Crippen LogP contribution in [0.2, 0.25) is 0 Å². The number of carboxylic acids is 1. The molecule has 1 saturated heterocycles. The predicted molar refractivity (Wildman–Crippen MR) is 148 cm³/mol. The lowest BCUT2D eigenvalue weighted by Crippen LogP contribution is -2.51. The molecule has 0 aromatic heterocycles. The Morgan fingerprint density at radius 3 is 2.17 bits per heavy atom. The zero-order valence-corrected chi connectivity index (χ0v) is 23.6. The number of alkyl carbamates (subject to hydrolysis) is 1. The van der Waals surface area contributed by atoms with Gasteiger partial charge in [0, 0.05) is 31.6 Å². The first kappa shape index (κ1) is 30.5. The average molecular weight is 554 g/mol. The van der Waals surface area contributed by atoms with Gasteiger partial charge in [-0.25, -0.2) is 9.59 Å². The van der Waals surface area contributed by atoms with Gasteiger partial charge in [0.15, 0.2) is 0 Å². The highest BCUT2D eigenvalue weighted by atomic mass is 16.6. The number of ether oxygens (including phenoxy) is 2. The molecule has 1 aliphatic heterocycles. The van der Waals surface area contributed by atoms with Crippen molar-refractivity contribution >= 4 is 24.1 Å². The average Bonchev–Trinajstić information content (AvgIpc) is 2.90. The van der Waals surface area contributed by atoms with Gasteiger partial charge in [-0.1, -0.05) is 61.5 Å². The van der Waals surface area contributed by atoms with Crippen molar-refractivity contribution in [3.05, 3.63) is 71.3 Å². The fourth-order valence-electron chi connectivity index (χ4n) is 4.52. The van der Waals surface area contributed by atoms with Crippen LogP contribution in [-0.4, -0.2) is 64.2 Å². The minimum atomic E-state index is -1.12. The molecular weight excluding hydrogens is 514 g/mol. The summed E-state index contributed by atoms with van der Waals surface area (Å²) in [6, 6.07) is 16.6. The number of hydrogen-bond donors (Lipinski definition) is 2. The number of piperidine rings is 1. The SMILES string of the molecule is CC(C)(C)OC(=O)NCc1ccccc1CN(CC(=O)O)C(=O)C1(C)CCN(C(=O)OCc2ccccc2)CC1. The standard InChI is InChI=1S/C30H39N3O7/c1-29(2,3)40-27(37)31-18-23-12-8-9-13-24(23)19-33(20-25(34)35)26(36)30(4)14-16-32(17-15-30)28(38)39-21-22-10-6-5-7-11-22/h5-13H,14-21H2,1-4H3,(H,31,37)(H,34,35). The molecule has 10 heteroatoms. The first-order chi connectivity index (χ1) is 18.9. The number of carboxylic acid groups (broad SMARTS) is 1. The molecule has 1 fully saturated rings. The molecule has 0 radical (unpaired) electrons. The van der Waals surface area contributed by atoms with Gasteiger partial charge in [0.1, 0.15) is 18.8 Å². The number of likely N-dealkylation sites (tertiary alicyclic amines) is 1. The maximum absolute atomic E-state index is 13.7. The number of carbonyl (C=O) groups excluding carboxylic acids is 3. The zero-order chi connectivity index (χ0) is 29.3. The van der Waals surface area contributed by atoms with Crippen LogP contribution in [0.4, 0.5) is 9.59 Å². The fourth-order valence-corrected chi connectivity index (χ4v) is 4.52. The highest BCUT2D eigenvalue weighted by Gasteiger charge is 2.41. The van der Waals surface area contributed by atoms with Crippen LogP contribution in [0, 0.1) is 5.41 Å². The van der Waals surface area contributed by atoms with E-state index >= 15 is 0 Å². The molecule has 0 unspecified atom stereocenters. The predicted octanol–water partition coefficient (Wildman–Crippen LogP) is 4.56. The molecule has 10 nitrogen and oxygen atoms in total. The summed E-state index contributed by atoms with van der Waals surface area (Å²) in [5.41, 5.74) is 0.878. The van der Waals surface area contributed by atoms with Gasteiger partial charge in [0.2, 0.25) is 5.91 Å². The van der Waals surface area contributed by atoms with E-state index in [-0.39, 0.29) is 25.6 Å². The number of nitrogens with zero attached hydrogens (tertiary/aromatic N) is 2. The third-order valence-electron chi connectivity index (χ3n) is 6.76. The molecule has 2 aromatic carbocycles. The maximum atomic E-state index is 13.7. The summed E-state index contributed by atoms with van der Waals surface area (Å²) in [4.78, 5) is 53.1. The molecule has 3 rings (SSSR count). The molecule has 2 aromatic rings. The van der Waals surface area contributed by atoms with E-state index in [0.717, 1.165) is 16.7 Å². The van der Waals surface area contributed by atoms with Gasteiger partial charge in [-0.3, -0.25) is 9.59 Å². The van der Waals surface area contributed by atoms with Gasteiger partial charge in [-0.15, -0.1) is 0 Å². The van der Waals surface area contributed by atoms with Gasteiger partial charge < -0.3 is 29.7 Å². The smallest absolute Gasteiger partial charge is 0.410 e. The number of amides is 3. The lowest BCUT2D eigenvalue weighted by atomic mass is 9.79. The van der Waals surface area contributed by atoms with Crippen LogP contribution in [0.1, 0.15) is 57.2 Å². The number of nitrogens with one attached hydrogen (secondary N) is 1. The molecule has 0 aliphatic carbocycles. The lowest BCUT2D eigenvalue weighted by Gasteiger charge is -2.40. The van der Waals surface area contributed by atoms with Gasteiger partial charge >= 0.3 is 18.2 Å². The molecule has 1 heterocycles. The van der Waals surface area contributed by atoms with Crippen molar-refractivity contribution < 1.29 is 33.8 Å². The van der Waals surface area contributed by atoms with Crippen molar-refractivity contribution in [2.45, 2.75) is 65.8 Å². The summed E-state index contributed by atoms with van der Waals surface area (Å²) in [6.45, 7) is 7.71. The second kappa shape index (κ2) is 13.3. The van der Waals surface area contributed by atoms with E-state index in [1.165, 1.54) is 4.90 Å². The van der Waals surface area contributed by atoms with E-state index in [1.54, 1.807) is 31.7 Å². The summed E-state index contributed by atoms with van der Waals surface area (Å²) in [5.74, 6) is -1.41. The first-order valence-corrected chi connectivity index (χ1v) is 13.4. The van der Waals surface area contributed by atoms with Crippen molar-refractivity contribution in [3.63, 3.8) is 0 Å². The summed E-state index contributed by atoms with van der Waals surface area (Å²) in [5, 5.41) is 12.3. The Labute approximate surface area is 235 Å². The van der Waals surface area contributed by atoms with Gasteiger partial charge in [-0.2, -0.15) is 0 Å². The molecule has 0 atom stereocenters. The molecule has 40 heavy (non-hydrogen) atoms. The Morgan fingerprint density at radius 1 is 0.975 bits per heavy atom. The summed E-state index contributed by atoms with van der Waals surface area (Å²) in [7, 11) is 0. The van der Waals surface area contributed by atoms with Crippen LogP contribution in [0.3, 0.4) is 0 Å². The monoisotopic (exact) mass is 553 g/mol. The van der Waals surface area contributed by atoms with Crippen LogP contribution < -0.4 is 5.32 Å². The topological polar surface area (TPSA) is 125 Å². The molecule has 2 N–H and O–H groups in total. The van der Waals surface area contributed by atoms with Crippen molar-refractivity contribution in [3.8, 4) is 0 Å². The Bertz CT molecular complexity index is 1190. The minimum absolute atomic E-state index is 0.0652. The lowest BCUT2D eigenvalue weighted by molar-refractivity contribution is -0.151. The number of aliphatic carboxylic acids is 1. The molecule has 3 amide bonds. The highest BCUT2D eigenvalue weighted by Crippen LogP contribution is 2.34. The van der Waals surface area contributed by atoms with E-state index in [2.05, 4.69) is 5.32 Å². The number of benzene rings is 2. The molecule has 0 spiro atoms. The second-order valence-electron chi connectivity index (χ2n) is 11.3. The van der Waals surface area contributed by atoms with Crippen molar-refractivity contribution in [2.24, 2.45) is 5.41 Å². The van der Waals surface area contributed by atoms with E-state index < -0.39 is 35.7 Å². The van der Waals surface area contributed by atoms with Gasteiger partial charge in [0.05, 0.1) is 0 Å². The molecule has 216 valence electrons. The molecule has 0 bridgehead atoms. The zero-order valence-electron chi connectivity index (χ0n) is 23.6. The Balaban J connectivity index is 1.63. The van der Waals surface area contributed by atoms with Crippen LogP contribution >= 0.6 is 0 Å². The summed E-state index contributed by atoms with van der Waals surface area (Å²) < 4.78 is 10.7. The Morgan fingerprint density at radius 2 is 1.57 bits per heavy atom. The van der Waals surface area contributed by atoms with Crippen LogP contribution in [0.5, 0.6) is 0 Å². The van der Waals surface area contributed by atoms with Gasteiger partial charge in [0.25, 0.3) is 0 Å². The van der Waals surface area contributed by atoms with Gasteiger partial charge in [-0.05, 0) is 50.3 Å². The van der Waals surface area contributed by atoms with Crippen molar-refractivity contribution in [1.82, 2.24) is 15.1 Å². The van der Waals surface area contributed by atoms with Crippen molar-refractivity contribution in [1.29, 1.82) is 0 Å². The minimum Gasteiger partial charge on any atom is -0.480 e. The third-order valence-corrected chi connectivity index (χ3v) is 6.76. The molecule has 0 saturated carbocycles. The van der Waals surface area contributed by atoms with Crippen LogP contribution in [-0.2, 0) is 38.8 Å². The van der Waals surface area contributed by atoms with E-state index in [1.807, 2.05) is 55.5 Å². The Hall–Kier alpha value is -4.08. The number of hydrogen-bond acceptors (Lipinski definition) is 6. The largest absolute Gasteiger partial charge is 0.480 e. The maximum Gasteiger partial charge on any atom is 0.410 e. The summed E-state index contributed by atoms with van der Waals surface area (Å²) in [6.07, 6.45) is -0.247. The second-order valence-corrected chi connectivity index (χ2v) is 11.3. The number of rotatable bonds is 9. The van der Waals surface area contributed by atoms with Crippen LogP contribution in [0.15, 0.2) is 54.6 Å². The fraction of sp³-hybridized carbons (Fsp3) is 0.467. The van der Waals surface area contributed by atoms with E-state index in [0.29, 0.717) is 25.9 Å². The normalized spacial score (nSPS) is 14.7. The van der Waals surface area contributed by atoms with Crippen molar-refractivity contribution in [2.75, 3.05) is 19.6 Å². The van der Waals surface area contributed by atoms with E-state index in [9.17, 15) is 24.3 Å². The number of carbonyl (C=O) groups is 4. The molecular formula is C30H39N3O7.